The van der Waals surface area contributed by atoms with Crippen LogP contribution in [0, 0.1) is 18.0 Å². The van der Waals surface area contributed by atoms with E-state index in [4.69, 9.17) is 9.47 Å². The molecule has 0 aromatic carbocycles. The van der Waals surface area contributed by atoms with Crippen LogP contribution in [0.15, 0.2) is 11.8 Å². The first kappa shape index (κ1) is 13.1. The molecule has 0 N–H and O–H groups in total. The molecule has 1 aliphatic carbocycles. The van der Waals surface area contributed by atoms with Gasteiger partial charge in [-0.15, -0.1) is 0 Å². The summed E-state index contributed by atoms with van der Waals surface area (Å²) in [5, 5.41) is 12.4. The van der Waals surface area contributed by atoms with Gasteiger partial charge in [0.05, 0.1) is 25.7 Å². The second-order valence-electron chi connectivity index (χ2n) is 5.38. The maximum absolute atomic E-state index is 12.4. The van der Waals surface area contributed by atoms with Gasteiger partial charge in [-0.3, -0.25) is 0 Å². The maximum Gasteiger partial charge on any atom is 0.208 e. The largest absolute Gasteiger partial charge is 0.618 e. The summed E-state index contributed by atoms with van der Waals surface area (Å²) in [7, 11) is 3.29. The van der Waals surface area contributed by atoms with Gasteiger partial charge in [0.2, 0.25) is 12.1 Å². The van der Waals surface area contributed by atoms with Gasteiger partial charge in [0.1, 0.15) is 0 Å². The predicted octanol–water partition coefficient (Wildman–Crippen LogP) is 2.44. The minimum absolute atomic E-state index is 0.254. The lowest BCUT2D eigenvalue weighted by molar-refractivity contribution is -0.406. The van der Waals surface area contributed by atoms with Gasteiger partial charge in [0, 0.05) is 6.54 Å². The molecule has 5 nitrogen and oxygen atoms in total. The standard InChI is InChI=1S/C15H20N2O3/c1-10-14(19-2)13-9-17(18)12-7-5-4-6-11(12)8-16(13)15(10)20-3/h7,9,11H,4-6,8H2,1-3H3/t11-/m0/s1. The first-order valence-electron chi connectivity index (χ1n) is 6.99. The van der Waals surface area contributed by atoms with Crippen molar-refractivity contribution in [3.63, 3.8) is 0 Å². The Balaban J connectivity index is 2.20. The zero-order valence-electron chi connectivity index (χ0n) is 12.2. The molecule has 108 valence electrons. The molecule has 20 heavy (non-hydrogen) atoms. The van der Waals surface area contributed by atoms with Crippen molar-refractivity contribution in [3.05, 3.63) is 28.2 Å². The Hall–Kier alpha value is -1.91. The maximum atomic E-state index is 12.4. The summed E-state index contributed by atoms with van der Waals surface area (Å²) in [6.45, 7) is 2.73. The number of aromatic nitrogens is 1. The molecule has 0 bridgehead atoms. The van der Waals surface area contributed by atoms with Crippen molar-refractivity contribution in [3.8, 4) is 11.6 Å². The summed E-state index contributed by atoms with van der Waals surface area (Å²) in [5.74, 6) is 1.76. The van der Waals surface area contributed by atoms with E-state index in [0.717, 1.165) is 59.1 Å². The predicted molar refractivity (Wildman–Crippen MR) is 76.5 cm³/mol. The number of fused-ring (bicyclic) bond motifs is 2. The highest BCUT2D eigenvalue weighted by Gasteiger charge is 2.33. The molecule has 1 aromatic heterocycles. The Morgan fingerprint density at radius 1 is 1.35 bits per heavy atom. The van der Waals surface area contributed by atoms with E-state index in [-0.39, 0.29) is 5.92 Å². The van der Waals surface area contributed by atoms with E-state index < -0.39 is 0 Å². The van der Waals surface area contributed by atoms with Crippen LogP contribution in [-0.4, -0.2) is 29.7 Å². The molecule has 0 saturated carbocycles. The summed E-state index contributed by atoms with van der Waals surface area (Å²) >= 11 is 0. The van der Waals surface area contributed by atoms with Crippen LogP contribution in [-0.2, 0) is 6.54 Å². The molecule has 1 aromatic rings. The van der Waals surface area contributed by atoms with Crippen molar-refractivity contribution in [2.75, 3.05) is 14.2 Å². The Kier molecular flexibility index (Phi) is 3.20. The molecule has 2 heterocycles. The SMILES string of the molecule is COc1c(C)c(OC)n2c1C=[N+]([O-])C1=CCCC[C@H]1C2. The van der Waals surface area contributed by atoms with E-state index in [1.165, 1.54) is 0 Å². The zero-order chi connectivity index (χ0) is 14.3. The van der Waals surface area contributed by atoms with Crippen LogP contribution >= 0.6 is 0 Å². The fraction of sp³-hybridized carbons (Fsp3) is 0.533. The van der Waals surface area contributed by atoms with E-state index >= 15 is 0 Å². The fourth-order valence-corrected chi connectivity index (χ4v) is 3.34. The highest BCUT2D eigenvalue weighted by Crippen LogP contribution is 2.38. The number of allylic oxidation sites excluding steroid dienone is 2. The van der Waals surface area contributed by atoms with Crippen molar-refractivity contribution in [1.82, 2.24) is 4.57 Å². The number of hydrogen-bond donors (Lipinski definition) is 0. The molecule has 5 heteroatoms. The van der Waals surface area contributed by atoms with Gasteiger partial charge >= 0.3 is 0 Å². The van der Waals surface area contributed by atoms with Gasteiger partial charge in [-0.05, 0) is 32.3 Å². The number of hydrogen-bond acceptors (Lipinski definition) is 3. The molecule has 0 radical (unpaired) electrons. The first-order valence-corrected chi connectivity index (χ1v) is 6.99. The number of rotatable bonds is 2. The van der Waals surface area contributed by atoms with Crippen LogP contribution < -0.4 is 9.47 Å². The third kappa shape index (κ3) is 1.80. The van der Waals surface area contributed by atoms with Crippen molar-refractivity contribution >= 4 is 6.21 Å². The molecular weight excluding hydrogens is 256 g/mol. The Bertz CT molecular complexity index is 599. The van der Waals surface area contributed by atoms with E-state index in [2.05, 4.69) is 10.6 Å². The smallest absolute Gasteiger partial charge is 0.208 e. The number of methoxy groups -OCH3 is 2. The van der Waals surface area contributed by atoms with Crippen LogP contribution in [0.3, 0.4) is 0 Å². The molecular formula is C15H20N2O3. The van der Waals surface area contributed by atoms with Crippen molar-refractivity contribution in [2.24, 2.45) is 5.92 Å². The lowest BCUT2D eigenvalue weighted by Gasteiger charge is -2.21. The molecule has 0 fully saturated rings. The van der Waals surface area contributed by atoms with Gasteiger partial charge in [-0.2, -0.15) is 4.74 Å². The van der Waals surface area contributed by atoms with Crippen LogP contribution in [0.4, 0.5) is 0 Å². The Labute approximate surface area is 118 Å². The number of hydroxylamine groups is 1. The summed E-state index contributed by atoms with van der Waals surface area (Å²) in [6.07, 6.45) is 6.85. The van der Waals surface area contributed by atoms with Gasteiger partial charge in [-0.25, -0.2) is 0 Å². The average molecular weight is 276 g/mol. The number of ether oxygens (including phenoxy) is 2. The third-order valence-electron chi connectivity index (χ3n) is 4.25. The number of nitrogens with zero attached hydrogens (tertiary/aromatic N) is 2. The molecule has 3 rings (SSSR count). The third-order valence-corrected chi connectivity index (χ3v) is 4.25. The van der Waals surface area contributed by atoms with Crippen molar-refractivity contribution < 1.29 is 14.2 Å². The monoisotopic (exact) mass is 276 g/mol. The molecule has 0 unspecified atom stereocenters. The quantitative estimate of drug-likeness (QED) is 0.616. The van der Waals surface area contributed by atoms with E-state index in [1.54, 1.807) is 20.4 Å². The van der Waals surface area contributed by atoms with Crippen LogP contribution in [0.5, 0.6) is 11.6 Å². The van der Waals surface area contributed by atoms with Crippen LogP contribution in [0.1, 0.15) is 30.5 Å². The lowest BCUT2D eigenvalue weighted by atomic mass is 9.92. The second kappa shape index (κ2) is 4.89. The normalized spacial score (nSPS) is 21.2. The fourth-order valence-electron chi connectivity index (χ4n) is 3.34. The minimum atomic E-state index is 0.254. The van der Waals surface area contributed by atoms with E-state index in [1.807, 2.05) is 6.92 Å². The zero-order valence-corrected chi connectivity index (χ0v) is 12.2. The topological polar surface area (TPSA) is 49.5 Å². The van der Waals surface area contributed by atoms with Gasteiger partial charge in [0.25, 0.3) is 0 Å². The van der Waals surface area contributed by atoms with Crippen molar-refractivity contribution in [2.45, 2.75) is 32.7 Å². The van der Waals surface area contributed by atoms with Gasteiger partial charge in [0.15, 0.2) is 17.1 Å². The molecule has 1 atom stereocenters. The molecule has 0 saturated heterocycles. The van der Waals surface area contributed by atoms with Crippen LogP contribution in [0.25, 0.3) is 0 Å². The van der Waals surface area contributed by atoms with Crippen LogP contribution in [0.2, 0.25) is 0 Å². The first-order chi connectivity index (χ1) is 9.67. The Morgan fingerprint density at radius 2 is 2.15 bits per heavy atom. The molecule has 2 aliphatic rings. The highest BCUT2D eigenvalue weighted by molar-refractivity contribution is 5.81. The lowest BCUT2D eigenvalue weighted by Crippen LogP contribution is -2.19. The van der Waals surface area contributed by atoms with E-state index in [0.29, 0.717) is 0 Å². The second-order valence-corrected chi connectivity index (χ2v) is 5.38. The summed E-state index contributed by atoms with van der Waals surface area (Å²) in [4.78, 5) is 0. The minimum Gasteiger partial charge on any atom is -0.618 e. The highest BCUT2D eigenvalue weighted by atomic mass is 16.5. The molecule has 0 amide bonds. The average Bonchev–Trinajstić information content (AvgIpc) is 2.61. The van der Waals surface area contributed by atoms with E-state index in [9.17, 15) is 5.21 Å². The molecule has 1 aliphatic heterocycles. The Morgan fingerprint density at radius 3 is 2.85 bits per heavy atom. The van der Waals surface area contributed by atoms with Gasteiger partial charge < -0.3 is 19.2 Å². The summed E-state index contributed by atoms with van der Waals surface area (Å²) < 4.78 is 14.1. The summed E-state index contributed by atoms with van der Waals surface area (Å²) in [6, 6.07) is 0. The van der Waals surface area contributed by atoms with Gasteiger partial charge in [-0.1, -0.05) is 0 Å². The van der Waals surface area contributed by atoms with Crippen molar-refractivity contribution in [1.29, 1.82) is 0 Å². The summed E-state index contributed by atoms with van der Waals surface area (Å²) in [5.41, 5.74) is 2.62. The molecule has 0 spiro atoms.